The number of ether oxygens (including phenoxy) is 1. The quantitative estimate of drug-likeness (QED) is 0.220. The molecule has 9 rings (SSSR count). The number of amides is 5. The van der Waals surface area contributed by atoms with Gasteiger partial charge in [-0.15, -0.1) is 10.2 Å². The van der Waals surface area contributed by atoms with Gasteiger partial charge in [-0.2, -0.15) is 0 Å². The number of anilines is 2. The van der Waals surface area contributed by atoms with Crippen LogP contribution < -0.4 is 25.2 Å². The number of benzene rings is 2. The van der Waals surface area contributed by atoms with Gasteiger partial charge in [-0.1, -0.05) is 45.4 Å². The first kappa shape index (κ1) is 41.7. The first-order chi connectivity index (χ1) is 29.5. The molecule has 1 unspecified atom stereocenters. The summed E-state index contributed by atoms with van der Waals surface area (Å²) in [4.78, 5) is 75.0. The van der Waals surface area contributed by atoms with Gasteiger partial charge in [0.15, 0.2) is 11.5 Å². The number of hydrogen-bond donors (Lipinski definition) is 2. The number of likely N-dealkylation sites (tertiary alicyclic amines) is 1. The van der Waals surface area contributed by atoms with Crippen molar-refractivity contribution in [3.63, 3.8) is 0 Å². The Hall–Kier alpha value is -5.66. The molecular formula is C45H49ClFN9O6. The molecule has 6 aliphatic rings. The van der Waals surface area contributed by atoms with Crippen LogP contribution in [0.25, 0.3) is 4.85 Å². The summed E-state index contributed by atoms with van der Waals surface area (Å²) in [6.45, 7) is 20.3. The van der Waals surface area contributed by atoms with Crippen molar-refractivity contribution in [2.24, 2.45) is 16.2 Å². The van der Waals surface area contributed by atoms with Gasteiger partial charge in [0.25, 0.3) is 17.7 Å². The van der Waals surface area contributed by atoms with Crippen LogP contribution in [0.3, 0.4) is 0 Å². The smallest absolute Gasteiger partial charge is 0.272 e. The van der Waals surface area contributed by atoms with Crippen LogP contribution in [0, 0.1) is 28.6 Å². The highest BCUT2D eigenvalue weighted by atomic mass is 35.5. The van der Waals surface area contributed by atoms with E-state index in [1.807, 2.05) is 11.0 Å². The third-order valence-corrected chi connectivity index (χ3v) is 14.6. The molecule has 4 saturated heterocycles. The van der Waals surface area contributed by atoms with Crippen LogP contribution in [0.1, 0.15) is 97.4 Å². The highest BCUT2D eigenvalue weighted by Crippen LogP contribution is 2.56. The molecule has 1 saturated carbocycles. The van der Waals surface area contributed by atoms with Crippen molar-refractivity contribution in [2.75, 3.05) is 49.1 Å². The van der Waals surface area contributed by atoms with Gasteiger partial charge >= 0.3 is 0 Å². The lowest BCUT2D eigenvalue weighted by atomic mass is 9.49. The molecule has 324 valence electrons. The molecule has 2 aromatic carbocycles. The van der Waals surface area contributed by atoms with E-state index in [2.05, 4.69) is 63.2 Å². The zero-order valence-corrected chi connectivity index (χ0v) is 35.9. The molecule has 0 radical (unpaired) electrons. The SMILES string of the molecule is [C-]#[N+]c1ccc(OC2C(C)(C)C(NC(=O)c3ccc(N4CCC(N5CC6(CCN(c7cc8c(cc7F)C(=O)N(C7CCC(=O)NC7=O)C8=O)CC6)C5)CC4)nn3)C2(C)C)cc1Cl. The van der Waals surface area contributed by atoms with Crippen molar-refractivity contribution in [1.29, 1.82) is 0 Å². The maximum Gasteiger partial charge on any atom is 0.272 e. The summed E-state index contributed by atoms with van der Waals surface area (Å²) in [5.74, 6) is -2.07. The predicted molar refractivity (Wildman–Crippen MR) is 227 cm³/mol. The van der Waals surface area contributed by atoms with Crippen molar-refractivity contribution in [2.45, 2.75) is 90.4 Å². The monoisotopic (exact) mass is 865 g/mol. The summed E-state index contributed by atoms with van der Waals surface area (Å²) in [7, 11) is 0. The van der Waals surface area contributed by atoms with E-state index in [0.29, 0.717) is 35.6 Å². The molecule has 3 aromatic rings. The summed E-state index contributed by atoms with van der Waals surface area (Å²) < 4.78 is 21.9. The Morgan fingerprint density at radius 2 is 1.58 bits per heavy atom. The van der Waals surface area contributed by atoms with E-state index >= 15 is 4.39 Å². The summed E-state index contributed by atoms with van der Waals surface area (Å²) in [6.07, 6.45) is 3.54. The third kappa shape index (κ3) is 7.03. The van der Waals surface area contributed by atoms with E-state index in [9.17, 15) is 24.0 Å². The van der Waals surface area contributed by atoms with Crippen LogP contribution in [0.5, 0.6) is 5.75 Å². The average molecular weight is 866 g/mol. The Bertz CT molecular complexity index is 2400. The van der Waals surface area contributed by atoms with Crippen LogP contribution in [0.15, 0.2) is 42.5 Å². The van der Waals surface area contributed by atoms with Gasteiger partial charge in [-0.3, -0.25) is 39.1 Å². The second kappa shape index (κ2) is 15.3. The van der Waals surface area contributed by atoms with Gasteiger partial charge in [0.05, 0.1) is 28.4 Å². The number of nitrogens with one attached hydrogen (secondary N) is 2. The molecule has 5 aliphatic heterocycles. The molecule has 1 spiro atoms. The molecule has 6 heterocycles. The molecule has 0 bridgehead atoms. The largest absolute Gasteiger partial charge is 0.489 e. The Kier molecular flexibility index (Phi) is 10.3. The number of carbonyl (C=O) groups excluding carboxylic acids is 5. The van der Waals surface area contributed by atoms with Crippen molar-refractivity contribution in [3.8, 4) is 5.75 Å². The van der Waals surface area contributed by atoms with E-state index < -0.39 is 46.3 Å². The van der Waals surface area contributed by atoms with Crippen LogP contribution in [0.2, 0.25) is 5.02 Å². The van der Waals surface area contributed by atoms with Crippen LogP contribution >= 0.6 is 11.6 Å². The summed E-state index contributed by atoms with van der Waals surface area (Å²) in [5.41, 5.74) is 0.252. The Labute approximate surface area is 364 Å². The van der Waals surface area contributed by atoms with Gasteiger partial charge in [0, 0.05) is 68.6 Å². The number of aromatic nitrogens is 2. The highest BCUT2D eigenvalue weighted by Gasteiger charge is 2.64. The van der Waals surface area contributed by atoms with Gasteiger partial charge in [0.2, 0.25) is 17.5 Å². The van der Waals surface area contributed by atoms with Gasteiger partial charge in [0.1, 0.15) is 23.7 Å². The van der Waals surface area contributed by atoms with Crippen LogP contribution in [0.4, 0.5) is 21.6 Å². The summed E-state index contributed by atoms with van der Waals surface area (Å²) in [6, 6.07) is 10.3. The number of piperidine rings is 3. The first-order valence-electron chi connectivity index (χ1n) is 21.3. The van der Waals surface area contributed by atoms with Gasteiger partial charge in [-0.25, -0.2) is 9.24 Å². The molecular weight excluding hydrogens is 817 g/mol. The van der Waals surface area contributed by atoms with Gasteiger partial charge in [-0.05, 0) is 73.9 Å². The number of carbonyl (C=O) groups is 5. The lowest BCUT2D eigenvalue weighted by molar-refractivity contribution is -0.164. The molecule has 1 atom stereocenters. The number of fused-ring (bicyclic) bond motifs is 1. The summed E-state index contributed by atoms with van der Waals surface area (Å²) >= 11 is 6.25. The number of imide groups is 2. The topological polar surface area (TPSA) is 162 Å². The standard InChI is InChI=1S/C45H49ClFN9O6/c1-43(2)41(44(3,4)42(43)62-26-6-7-31(48-5)29(46)20-26)50-37(58)32-8-10-35(52-51-32)54-16-12-25(13-17-54)55-23-45(24-55)14-18-53(19-15-45)34-22-28-27(21-30(34)47)39(60)56(40(28)61)33-9-11-36(57)49-38(33)59/h6-8,10,20-22,25,33,41-42H,9,11-19,23-24H2,1-4H3,(H,50,58)(H,49,57,59). The average Bonchev–Trinajstić information content (AvgIpc) is 3.47. The number of hydrogen-bond acceptors (Lipinski definition) is 11. The predicted octanol–water partition coefficient (Wildman–Crippen LogP) is 5.40. The fourth-order valence-electron chi connectivity index (χ4n) is 11.2. The first-order valence-corrected chi connectivity index (χ1v) is 21.6. The fourth-order valence-corrected chi connectivity index (χ4v) is 11.4. The molecule has 17 heteroatoms. The highest BCUT2D eigenvalue weighted by molar-refractivity contribution is 6.33. The minimum atomic E-state index is -1.10. The Morgan fingerprint density at radius 3 is 2.19 bits per heavy atom. The minimum Gasteiger partial charge on any atom is -0.489 e. The van der Waals surface area contributed by atoms with Crippen molar-refractivity contribution < 1.29 is 33.1 Å². The van der Waals surface area contributed by atoms with E-state index in [-0.39, 0.29) is 58.8 Å². The zero-order valence-electron chi connectivity index (χ0n) is 35.2. The molecule has 1 aromatic heterocycles. The second-order valence-corrected chi connectivity index (χ2v) is 19.4. The molecule has 62 heavy (non-hydrogen) atoms. The van der Waals surface area contributed by atoms with E-state index in [0.717, 1.165) is 68.6 Å². The number of rotatable bonds is 8. The van der Waals surface area contributed by atoms with Crippen LogP contribution in [-0.4, -0.2) is 113 Å². The molecule has 2 N–H and O–H groups in total. The van der Waals surface area contributed by atoms with E-state index in [1.54, 1.807) is 24.3 Å². The van der Waals surface area contributed by atoms with Crippen LogP contribution in [-0.2, 0) is 9.59 Å². The maximum atomic E-state index is 15.5. The number of nitrogens with zero attached hydrogens (tertiary/aromatic N) is 7. The van der Waals surface area contributed by atoms with Crippen molar-refractivity contribution in [3.05, 3.63) is 81.5 Å². The molecule has 15 nitrogen and oxygen atoms in total. The maximum absolute atomic E-state index is 15.5. The Morgan fingerprint density at radius 1 is 0.903 bits per heavy atom. The second-order valence-electron chi connectivity index (χ2n) is 19.0. The van der Waals surface area contributed by atoms with Crippen molar-refractivity contribution in [1.82, 2.24) is 30.6 Å². The Balaban J connectivity index is 0.739. The minimum absolute atomic E-state index is 0.0160. The van der Waals surface area contributed by atoms with Gasteiger partial charge < -0.3 is 19.9 Å². The van der Waals surface area contributed by atoms with Crippen molar-refractivity contribution >= 4 is 58.3 Å². The normalized spacial score (nSPS) is 25.4. The summed E-state index contributed by atoms with van der Waals surface area (Å²) in [5, 5.41) is 14.5. The lowest BCUT2D eigenvalue weighted by Gasteiger charge is -2.63. The van der Waals surface area contributed by atoms with E-state index in [4.69, 9.17) is 22.9 Å². The zero-order chi connectivity index (χ0) is 43.9. The molecule has 1 aliphatic carbocycles. The third-order valence-electron chi connectivity index (χ3n) is 14.3. The number of halogens is 2. The molecule has 5 amide bonds. The van der Waals surface area contributed by atoms with E-state index in [1.165, 1.54) is 6.07 Å². The lowest BCUT2D eigenvalue weighted by Crippen LogP contribution is -2.74. The fraction of sp³-hybridized carbons (Fsp3) is 0.511. The molecule has 5 fully saturated rings.